The largest absolute Gasteiger partial charge is 0.348 e. The normalized spacial score (nSPS) is 29.3. The van der Waals surface area contributed by atoms with Crippen molar-refractivity contribution in [3.8, 4) is 0 Å². The van der Waals surface area contributed by atoms with E-state index in [9.17, 15) is 4.79 Å². The van der Waals surface area contributed by atoms with Crippen LogP contribution in [-0.4, -0.2) is 16.9 Å². The van der Waals surface area contributed by atoms with Gasteiger partial charge in [0.05, 0.1) is 11.9 Å². The summed E-state index contributed by atoms with van der Waals surface area (Å²) in [6.45, 7) is 0. The molecular weight excluding hydrogens is 228 g/mol. The highest BCUT2D eigenvalue weighted by atomic mass is 16.1. The van der Waals surface area contributed by atoms with Crippen LogP contribution in [0.15, 0.2) is 18.3 Å². The molecule has 4 N–H and O–H groups in total. The minimum Gasteiger partial charge on any atom is -0.348 e. The van der Waals surface area contributed by atoms with E-state index in [0.717, 1.165) is 12.3 Å². The number of pyridine rings is 1. The highest BCUT2D eigenvalue weighted by Crippen LogP contribution is 2.44. The number of aromatic nitrogens is 1. The van der Waals surface area contributed by atoms with Gasteiger partial charge in [-0.15, -0.1) is 0 Å². The standard InChI is InChI=1S/C13H18N4O/c14-17-10-3-4-11(15-7-10)13(18)16-12-6-8-1-2-9(12)5-8/h3-4,7-9,12,17H,1-2,5-6,14H2,(H,16,18). The fourth-order valence-corrected chi connectivity index (χ4v) is 3.28. The van der Waals surface area contributed by atoms with E-state index >= 15 is 0 Å². The second-order valence-electron chi connectivity index (χ2n) is 5.33. The number of anilines is 1. The molecule has 1 heterocycles. The molecule has 3 atom stereocenters. The molecule has 1 aromatic rings. The van der Waals surface area contributed by atoms with Gasteiger partial charge in [-0.05, 0) is 43.2 Å². The Kier molecular flexibility index (Phi) is 2.91. The summed E-state index contributed by atoms with van der Waals surface area (Å²) in [5.41, 5.74) is 3.65. The van der Waals surface area contributed by atoms with Crippen molar-refractivity contribution in [3.63, 3.8) is 0 Å². The van der Waals surface area contributed by atoms with Gasteiger partial charge in [0.25, 0.3) is 5.91 Å². The smallest absolute Gasteiger partial charge is 0.270 e. The molecule has 1 aromatic heterocycles. The molecule has 1 amide bonds. The van der Waals surface area contributed by atoms with E-state index in [4.69, 9.17) is 5.84 Å². The van der Waals surface area contributed by atoms with Crippen LogP contribution in [0.3, 0.4) is 0 Å². The van der Waals surface area contributed by atoms with Crippen molar-refractivity contribution >= 4 is 11.6 Å². The Hall–Kier alpha value is -1.62. The lowest BCUT2D eigenvalue weighted by Gasteiger charge is -2.22. The number of hydrogen-bond donors (Lipinski definition) is 3. The number of carbonyl (C=O) groups excluding carboxylic acids is 1. The van der Waals surface area contributed by atoms with Crippen molar-refractivity contribution in [1.82, 2.24) is 10.3 Å². The van der Waals surface area contributed by atoms with Gasteiger partial charge in [-0.2, -0.15) is 0 Å². The molecule has 18 heavy (non-hydrogen) atoms. The van der Waals surface area contributed by atoms with E-state index in [1.54, 1.807) is 18.3 Å². The van der Waals surface area contributed by atoms with E-state index in [1.165, 1.54) is 19.3 Å². The molecule has 0 aromatic carbocycles. The summed E-state index contributed by atoms with van der Waals surface area (Å²) < 4.78 is 0. The highest BCUT2D eigenvalue weighted by Gasteiger charge is 2.40. The lowest BCUT2D eigenvalue weighted by atomic mass is 9.95. The number of rotatable bonds is 3. The first-order valence-electron chi connectivity index (χ1n) is 6.50. The average molecular weight is 246 g/mol. The van der Waals surface area contributed by atoms with E-state index < -0.39 is 0 Å². The molecule has 2 aliphatic rings. The molecule has 0 spiro atoms. The number of hydrogen-bond acceptors (Lipinski definition) is 4. The lowest BCUT2D eigenvalue weighted by Crippen LogP contribution is -2.38. The Morgan fingerprint density at radius 1 is 1.33 bits per heavy atom. The summed E-state index contributed by atoms with van der Waals surface area (Å²) >= 11 is 0. The van der Waals surface area contributed by atoms with Gasteiger partial charge in [-0.3, -0.25) is 10.6 Å². The second-order valence-corrected chi connectivity index (χ2v) is 5.33. The lowest BCUT2D eigenvalue weighted by molar-refractivity contribution is 0.0918. The van der Waals surface area contributed by atoms with Crippen LogP contribution in [0.4, 0.5) is 5.69 Å². The first kappa shape index (κ1) is 11.5. The molecule has 96 valence electrons. The Morgan fingerprint density at radius 2 is 2.22 bits per heavy atom. The van der Waals surface area contributed by atoms with Gasteiger partial charge in [0.1, 0.15) is 5.69 Å². The fourth-order valence-electron chi connectivity index (χ4n) is 3.28. The van der Waals surface area contributed by atoms with Crippen LogP contribution in [0.2, 0.25) is 0 Å². The summed E-state index contributed by atoms with van der Waals surface area (Å²) in [7, 11) is 0. The monoisotopic (exact) mass is 246 g/mol. The summed E-state index contributed by atoms with van der Waals surface area (Å²) in [4.78, 5) is 16.2. The summed E-state index contributed by atoms with van der Waals surface area (Å²) in [5, 5.41) is 3.11. The van der Waals surface area contributed by atoms with Crippen molar-refractivity contribution in [3.05, 3.63) is 24.0 Å². The maximum Gasteiger partial charge on any atom is 0.270 e. The number of fused-ring (bicyclic) bond motifs is 2. The van der Waals surface area contributed by atoms with E-state index in [0.29, 0.717) is 23.3 Å². The maximum absolute atomic E-state index is 12.1. The van der Waals surface area contributed by atoms with Gasteiger partial charge in [0, 0.05) is 6.04 Å². The summed E-state index contributed by atoms with van der Waals surface area (Å²) in [5.74, 6) is 6.70. The number of nitrogens with zero attached hydrogens (tertiary/aromatic N) is 1. The van der Waals surface area contributed by atoms with E-state index in [1.807, 2.05) is 0 Å². The fraction of sp³-hybridized carbons (Fsp3) is 0.538. The molecule has 5 nitrogen and oxygen atoms in total. The first-order chi connectivity index (χ1) is 8.76. The Morgan fingerprint density at radius 3 is 2.78 bits per heavy atom. The highest BCUT2D eigenvalue weighted by molar-refractivity contribution is 5.92. The molecule has 0 aliphatic heterocycles. The molecular formula is C13H18N4O. The Bertz CT molecular complexity index is 445. The maximum atomic E-state index is 12.1. The van der Waals surface area contributed by atoms with E-state index in [-0.39, 0.29) is 5.91 Å². The molecule has 5 heteroatoms. The Balaban J connectivity index is 1.64. The molecule has 3 unspecified atom stereocenters. The van der Waals surface area contributed by atoms with Crippen LogP contribution in [0, 0.1) is 11.8 Å². The molecule has 2 fully saturated rings. The molecule has 2 bridgehead atoms. The van der Waals surface area contributed by atoms with Gasteiger partial charge in [0.2, 0.25) is 0 Å². The van der Waals surface area contributed by atoms with Crippen LogP contribution in [0.5, 0.6) is 0 Å². The van der Waals surface area contributed by atoms with Crippen molar-refractivity contribution in [2.45, 2.75) is 31.7 Å². The molecule has 0 radical (unpaired) electrons. The predicted molar refractivity (Wildman–Crippen MR) is 68.7 cm³/mol. The topological polar surface area (TPSA) is 80.0 Å². The van der Waals surface area contributed by atoms with E-state index in [2.05, 4.69) is 15.7 Å². The quantitative estimate of drug-likeness (QED) is 0.554. The third-order valence-corrected chi connectivity index (χ3v) is 4.22. The van der Waals surface area contributed by atoms with Gasteiger partial charge in [-0.1, -0.05) is 6.42 Å². The van der Waals surface area contributed by atoms with Crippen LogP contribution in [-0.2, 0) is 0 Å². The first-order valence-corrected chi connectivity index (χ1v) is 6.50. The van der Waals surface area contributed by atoms with Gasteiger partial charge in [-0.25, -0.2) is 4.98 Å². The number of nitrogens with one attached hydrogen (secondary N) is 2. The number of hydrazine groups is 1. The zero-order chi connectivity index (χ0) is 12.5. The third-order valence-electron chi connectivity index (χ3n) is 4.22. The molecule has 2 aliphatic carbocycles. The van der Waals surface area contributed by atoms with Crippen LogP contribution in [0.1, 0.15) is 36.2 Å². The average Bonchev–Trinajstić information content (AvgIpc) is 3.01. The van der Waals surface area contributed by atoms with Crippen molar-refractivity contribution in [2.75, 3.05) is 5.43 Å². The zero-order valence-corrected chi connectivity index (χ0v) is 10.2. The number of nitrogen functional groups attached to an aromatic ring is 1. The van der Waals surface area contributed by atoms with Gasteiger partial charge < -0.3 is 10.7 Å². The van der Waals surface area contributed by atoms with Gasteiger partial charge in [0.15, 0.2) is 0 Å². The van der Waals surface area contributed by atoms with Crippen LogP contribution >= 0.6 is 0 Å². The minimum atomic E-state index is -0.0730. The van der Waals surface area contributed by atoms with Crippen LogP contribution in [0.25, 0.3) is 0 Å². The van der Waals surface area contributed by atoms with Crippen molar-refractivity contribution in [1.29, 1.82) is 0 Å². The number of carbonyl (C=O) groups is 1. The summed E-state index contributed by atoms with van der Waals surface area (Å²) in [6.07, 6.45) is 6.59. The summed E-state index contributed by atoms with van der Waals surface area (Å²) in [6, 6.07) is 3.80. The second kappa shape index (κ2) is 4.57. The Labute approximate surface area is 106 Å². The number of nitrogens with two attached hydrogens (primary N) is 1. The van der Waals surface area contributed by atoms with Crippen molar-refractivity contribution in [2.24, 2.45) is 17.7 Å². The number of amides is 1. The molecule has 3 rings (SSSR count). The molecule has 2 saturated carbocycles. The van der Waals surface area contributed by atoms with Crippen molar-refractivity contribution < 1.29 is 4.79 Å². The van der Waals surface area contributed by atoms with Crippen LogP contribution < -0.4 is 16.6 Å². The van der Waals surface area contributed by atoms with Gasteiger partial charge >= 0.3 is 0 Å². The SMILES string of the molecule is NNc1ccc(C(=O)NC2CC3CCC2C3)nc1. The predicted octanol–water partition coefficient (Wildman–Crippen LogP) is 1.29. The minimum absolute atomic E-state index is 0.0730. The molecule has 0 saturated heterocycles. The third kappa shape index (κ3) is 2.06. The zero-order valence-electron chi connectivity index (χ0n) is 10.2.